The number of primary sulfonamides is 1. The van der Waals surface area contributed by atoms with E-state index in [1.54, 1.807) is 12.1 Å². The second-order valence-electron chi connectivity index (χ2n) is 5.93. The lowest BCUT2D eigenvalue weighted by atomic mass is 10.2. The second-order valence-corrected chi connectivity index (χ2v) is 7.49. The highest BCUT2D eigenvalue weighted by Gasteiger charge is 2.28. The number of nitrogens with one attached hydrogen (secondary N) is 1. The van der Waals surface area contributed by atoms with Gasteiger partial charge in [-0.05, 0) is 24.3 Å². The number of hydrogen-bond acceptors (Lipinski definition) is 6. The van der Waals surface area contributed by atoms with Crippen LogP contribution in [0.15, 0.2) is 29.2 Å². The molecule has 8 nitrogen and oxygen atoms in total. The summed E-state index contributed by atoms with van der Waals surface area (Å²) in [5, 5.41) is 8.29. The normalized spacial score (nSPS) is 22.5. The number of benzene rings is 1. The molecule has 0 radical (unpaired) electrons. The third-order valence-electron chi connectivity index (χ3n) is 4.34. The summed E-state index contributed by atoms with van der Waals surface area (Å²) < 4.78 is 27.9. The van der Waals surface area contributed by atoms with Crippen molar-refractivity contribution in [3.8, 4) is 0 Å². The summed E-state index contributed by atoms with van der Waals surface area (Å²) in [6.07, 6.45) is 0. The number of morpholine rings is 1. The molecule has 3 rings (SSSR count). The molecule has 1 atom stereocenters. The van der Waals surface area contributed by atoms with Crippen molar-refractivity contribution >= 4 is 21.6 Å². The SMILES string of the molecule is NS(=O)(=O)c1ccc(N2CCN(C(=O)C3COCCN3)CC2)cc1. The fourth-order valence-electron chi connectivity index (χ4n) is 2.98. The summed E-state index contributed by atoms with van der Waals surface area (Å²) in [5.41, 5.74) is 0.925. The summed E-state index contributed by atoms with van der Waals surface area (Å²) in [5.74, 6) is 0.0823. The van der Waals surface area contributed by atoms with Crippen molar-refractivity contribution in [2.24, 2.45) is 5.14 Å². The molecule has 0 aliphatic carbocycles. The van der Waals surface area contributed by atoms with E-state index in [4.69, 9.17) is 9.88 Å². The van der Waals surface area contributed by atoms with Gasteiger partial charge in [0.15, 0.2) is 0 Å². The van der Waals surface area contributed by atoms with Crippen LogP contribution in [0.2, 0.25) is 0 Å². The van der Waals surface area contributed by atoms with Crippen molar-refractivity contribution in [2.75, 3.05) is 50.8 Å². The Hall–Kier alpha value is -1.68. The van der Waals surface area contributed by atoms with Gasteiger partial charge in [-0.2, -0.15) is 0 Å². The minimum absolute atomic E-state index is 0.0823. The minimum atomic E-state index is -3.67. The van der Waals surface area contributed by atoms with Crippen LogP contribution >= 0.6 is 0 Å². The Bertz CT molecular complexity index is 678. The predicted octanol–water partition coefficient (Wildman–Crippen LogP) is -1.03. The van der Waals surface area contributed by atoms with Gasteiger partial charge in [-0.3, -0.25) is 4.79 Å². The van der Waals surface area contributed by atoms with E-state index in [0.29, 0.717) is 45.9 Å². The Labute approximate surface area is 141 Å². The molecule has 3 N–H and O–H groups in total. The fraction of sp³-hybridized carbons (Fsp3) is 0.533. The van der Waals surface area contributed by atoms with E-state index in [2.05, 4.69) is 10.2 Å². The van der Waals surface area contributed by atoms with Gasteiger partial charge in [0, 0.05) is 38.4 Å². The third-order valence-corrected chi connectivity index (χ3v) is 5.27. The van der Waals surface area contributed by atoms with Crippen LogP contribution in [-0.2, 0) is 19.6 Å². The number of anilines is 1. The third kappa shape index (κ3) is 3.86. The molecule has 0 spiro atoms. The van der Waals surface area contributed by atoms with Crippen molar-refractivity contribution in [3.05, 3.63) is 24.3 Å². The predicted molar refractivity (Wildman–Crippen MR) is 89.2 cm³/mol. The molecule has 2 fully saturated rings. The average Bonchev–Trinajstić information content (AvgIpc) is 2.61. The van der Waals surface area contributed by atoms with Crippen LogP contribution in [0.5, 0.6) is 0 Å². The van der Waals surface area contributed by atoms with E-state index in [1.165, 1.54) is 12.1 Å². The lowest BCUT2D eigenvalue weighted by molar-refractivity contribution is -0.136. The van der Waals surface area contributed by atoms with Gasteiger partial charge in [-0.1, -0.05) is 0 Å². The van der Waals surface area contributed by atoms with E-state index in [0.717, 1.165) is 5.69 Å². The van der Waals surface area contributed by atoms with E-state index in [1.807, 2.05) is 4.90 Å². The number of ether oxygens (including phenoxy) is 1. The Balaban J connectivity index is 1.57. The largest absolute Gasteiger partial charge is 0.378 e. The maximum absolute atomic E-state index is 12.4. The summed E-state index contributed by atoms with van der Waals surface area (Å²) in [6, 6.07) is 6.25. The van der Waals surface area contributed by atoms with Crippen molar-refractivity contribution in [2.45, 2.75) is 10.9 Å². The van der Waals surface area contributed by atoms with Crippen LogP contribution in [-0.4, -0.2) is 71.2 Å². The number of hydrogen-bond donors (Lipinski definition) is 2. The molecule has 0 aromatic heterocycles. The van der Waals surface area contributed by atoms with Crippen molar-refractivity contribution < 1.29 is 17.9 Å². The molecule has 9 heteroatoms. The lowest BCUT2D eigenvalue weighted by Gasteiger charge is -2.38. The number of carbonyl (C=O) groups is 1. The number of amides is 1. The highest BCUT2D eigenvalue weighted by Crippen LogP contribution is 2.19. The maximum atomic E-state index is 12.4. The van der Waals surface area contributed by atoms with Gasteiger partial charge in [0.1, 0.15) is 6.04 Å². The highest BCUT2D eigenvalue weighted by atomic mass is 32.2. The maximum Gasteiger partial charge on any atom is 0.242 e. The highest BCUT2D eigenvalue weighted by molar-refractivity contribution is 7.89. The first-order chi connectivity index (χ1) is 11.4. The molecule has 1 unspecified atom stereocenters. The molecular formula is C15H22N4O4S. The molecule has 24 heavy (non-hydrogen) atoms. The van der Waals surface area contributed by atoms with Crippen LogP contribution in [0.4, 0.5) is 5.69 Å². The van der Waals surface area contributed by atoms with Crippen LogP contribution in [0.25, 0.3) is 0 Å². The van der Waals surface area contributed by atoms with Crippen molar-refractivity contribution in [1.82, 2.24) is 10.2 Å². The number of carbonyl (C=O) groups excluding carboxylic acids is 1. The van der Waals surface area contributed by atoms with Crippen LogP contribution in [0.1, 0.15) is 0 Å². The summed E-state index contributed by atoms with van der Waals surface area (Å²) in [6.45, 7) is 4.44. The first-order valence-corrected chi connectivity index (χ1v) is 9.47. The van der Waals surface area contributed by atoms with Gasteiger partial charge in [0.25, 0.3) is 0 Å². The van der Waals surface area contributed by atoms with Crippen LogP contribution in [0.3, 0.4) is 0 Å². The summed E-state index contributed by atoms with van der Waals surface area (Å²) >= 11 is 0. The van der Waals surface area contributed by atoms with Crippen LogP contribution < -0.4 is 15.4 Å². The quantitative estimate of drug-likeness (QED) is 0.719. The summed E-state index contributed by atoms with van der Waals surface area (Å²) in [4.78, 5) is 16.5. The molecule has 0 saturated carbocycles. The van der Waals surface area contributed by atoms with Crippen LogP contribution in [0, 0.1) is 0 Å². The van der Waals surface area contributed by atoms with Gasteiger partial charge in [0.05, 0.1) is 18.1 Å². The topological polar surface area (TPSA) is 105 Å². The molecule has 132 valence electrons. The van der Waals surface area contributed by atoms with Crippen molar-refractivity contribution in [3.63, 3.8) is 0 Å². The van der Waals surface area contributed by atoms with Gasteiger partial charge in [0.2, 0.25) is 15.9 Å². The Morgan fingerprint density at radius 2 is 1.83 bits per heavy atom. The molecule has 2 saturated heterocycles. The van der Waals surface area contributed by atoms with E-state index >= 15 is 0 Å². The molecule has 1 aromatic carbocycles. The van der Waals surface area contributed by atoms with E-state index < -0.39 is 10.0 Å². The van der Waals surface area contributed by atoms with E-state index in [-0.39, 0.29) is 16.8 Å². The van der Waals surface area contributed by atoms with Gasteiger partial charge in [-0.25, -0.2) is 13.6 Å². The second kappa shape index (κ2) is 7.06. The van der Waals surface area contributed by atoms with Gasteiger partial charge >= 0.3 is 0 Å². The number of nitrogens with zero attached hydrogens (tertiary/aromatic N) is 2. The fourth-order valence-corrected chi connectivity index (χ4v) is 3.49. The smallest absolute Gasteiger partial charge is 0.242 e. The zero-order valence-corrected chi connectivity index (χ0v) is 14.2. The minimum Gasteiger partial charge on any atom is -0.378 e. The molecule has 2 aliphatic rings. The first kappa shape index (κ1) is 17.2. The average molecular weight is 354 g/mol. The zero-order chi connectivity index (χ0) is 17.2. The Kier molecular flexibility index (Phi) is 5.04. The zero-order valence-electron chi connectivity index (χ0n) is 13.3. The lowest BCUT2D eigenvalue weighted by Crippen LogP contribution is -2.57. The molecule has 0 bridgehead atoms. The monoisotopic (exact) mass is 354 g/mol. The van der Waals surface area contributed by atoms with Gasteiger partial charge in [-0.15, -0.1) is 0 Å². The molecule has 1 amide bonds. The summed E-state index contributed by atoms with van der Waals surface area (Å²) in [7, 11) is -3.67. The number of piperazine rings is 1. The first-order valence-electron chi connectivity index (χ1n) is 7.93. The molecule has 2 heterocycles. The Morgan fingerprint density at radius 3 is 2.38 bits per heavy atom. The molecule has 2 aliphatic heterocycles. The molecule has 1 aromatic rings. The van der Waals surface area contributed by atoms with E-state index in [9.17, 15) is 13.2 Å². The number of rotatable bonds is 3. The number of sulfonamides is 1. The molecular weight excluding hydrogens is 332 g/mol. The van der Waals surface area contributed by atoms with Gasteiger partial charge < -0.3 is 19.9 Å². The standard InChI is InChI=1S/C15H22N4O4S/c16-24(21,22)13-3-1-12(2-4-13)18-6-8-19(9-7-18)15(20)14-11-23-10-5-17-14/h1-4,14,17H,5-11H2,(H2,16,21,22). The Morgan fingerprint density at radius 1 is 1.17 bits per heavy atom. The number of nitrogens with two attached hydrogens (primary N) is 1. The van der Waals surface area contributed by atoms with Crippen molar-refractivity contribution in [1.29, 1.82) is 0 Å².